The maximum absolute atomic E-state index is 13.1. The second-order valence-electron chi connectivity index (χ2n) is 7.23. The SMILES string of the molecule is CCn1c(=O)c(-c2csc(N3CCCCC3)n2)c(N)n(Cc2ccccc2)c1=O. The minimum absolute atomic E-state index is 0.170. The Morgan fingerprint density at radius 2 is 1.79 bits per heavy atom. The van der Waals surface area contributed by atoms with Crippen molar-refractivity contribution in [3.8, 4) is 11.3 Å². The summed E-state index contributed by atoms with van der Waals surface area (Å²) >= 11 is 1.52. The number of thiazole rings is 1. The van der Waals surface area contributed by atoms with Gasteiger partial charge in [-0.1, -0.05) is 30.3 Å². The lowest BCUT2D eigenvalue weighted by Crippen LogP contribution is -2.41. The summed E-state index contributed by atoms with van der Waals surface area (Å²) in [6.07, 6.45) is 3.55. The van der Waals surface area contributed by atoms with E-state index < -0.39 is 5.69 Å². The predicted octanol–water partition coefficient (Wildman–Crippen LogP) is 2.77. The molecule has 8 heteroatoms. The van der Waals surface area contributed by atoms with E-state index in [-0.39, 0.29) is 17.9 Å². The van der Waals surface area contributed by atoms with E-state index in [9.17, 15) is 9.59 Å². The Morgan fingerprint density at radius 3 is 2.48 bits per heavy atom. The molecule has 1 aliphatic rings. The molecule has 3 aromatic rings. The lowest BCUT2D eigenvalue weighted by molar-refractivity contribution is 0.577. The summed E-state index contributed by atoms with van der Waals surface area (Å²) in [5, 5.41) is 2.77. The van der Waals surface area contributed by atoms with Crippen LogP contribution < -0.4 is 21.9 Å². The minimum atomic E-state index is -0.394. The Kier molecular flexibility index (Phi) is 5.53. The average molecular weight is 412 g/mol. The van der Waals surface area contributed by atoms with Crippen molar-refractivity contribution in [1.82, 2.24) is 14.1 Å². The molecule has 0 saturated carbocycles. The number of hydrogen-bond acceptors (Lipinski definition) is 6. The molecule has 0 unspecified atom stereocenters. The predicted molar refractivity (Wildman–Crippen MR) is 118 cm³/mol. The van der Waals surface area contributed by atoms with Crippen molar-refractivity contribution in [1.29, 1.82) is 0 Å². The summed E-state index contributed by atoms with van der Waals surface area (Å²) < 4.78 is 2.70. The second-order valence-corrected chi connectivity index (χ2v) is 8.06. The molecule has 3 heterocycles. The number of aromatic nitrogens is 3. The van der Waals surface area contributed by atoms with Gasteiger partial charge >= 0.3 is 5.69 Å². The first kappa shape index (κ1) is 19.4. The summed E-state index contributed by atoms with van der Waals surface area (Å²) in [5.74, 6) is 0.170. The molecule has 0 amide bonds. The van der Waals surface area contributed by atoms with E-state index in [2.05, 4.69) is 4.90 Å². The van der Waals surface area contributed by atoms with Crippen molar-refractivity contribution >= 4 is 22.3 Å². The van der Waals surface area contributed by atoms with Crippen LogP contribution in [0.4, 0.5) is 10.9 Å². The maximum atomic E-state index is 13.1. The Bertz CT molecular complexity index is 1110. The van der Waals surface area contributed by atoms with Crippen LogP contribution in [0.3, 0.4) is 0 Å². The lowest BCUT2D eigenvalue weighted by Gasteiger charge is -2.25. The van der Waals surface area contributed by atoms with Crippen LogP contribution >= 0.6 is 11.3 Å². The van der Waals surface area contributed by atoms with E-state index >= 15 is 0 Å². The zero-order valence-electron chi connectivity index (χ0n) is 16.5. The van der Waals surface area contributed by atoms with Gasteiger partial charge in [-0.3, -0.25) is 13.9 Å². The molecule has 1 saturated heterocycles. The number of rotatable bonds is 5. The standard InChI is InChI=1S/C21H25N5O2S/c1-2-25-19(27)17(16-14-29-20(23-16)24-11-7-4-8-12-24)18(22)26(21(25)28)13-15-9-5-3-6-10-15/h3,5-6,9-10,14H,2,4,7-8,11-13,22H2,1H3. The monoisotopic (exact) mass is 411 g/mol. The number of nitrogens with zero attached hydrogens (tertiary/aromatic N) is 4. The van der Waals surface area contributed by atoms with E-state index in [1.165, 1.54) is 26.9 Å². The molecule has 1 fully saturated rings. The molecule has 7 nitrogen and oxygen atoms in total. The molecule has 4 rings (SSSR count). The van der Waals surface area contributed by atoms with Crippen molar-refractivity contribution in [2.75, 3.05) is 23.7 Å². The molecule has 29 heavy (non-hydrogen) atoms. The third-order valence-electron chi connectivity index (χ3n) is 5.34. The van der Waals surface area contributed by atoms with Crippen LogP contribution in [0.2, 0.25) is 0 Å². The van der Waals surface area contributed by atoms with Crippen LogP contribution in [-0.4, -0.2) is 27.2 Å². The smallest absolute Gasteiger partial charge is 0.332 e. The van der Waals surface area contributed by atoms with Gasteiger partial charge in [-0.05, 0) is 31.7 Å². The van der Waals surface area contributed by atoms with Gasteiger partial charge in [-0.2, -0.15) is 0 Å². The second kappa shape index (κ2) is 8.24. The maximum Gasteiger partial charge on any atom is 0.332 e. The van der Waals surface area contributed by atoms with Crippen LogP contribution in [0.5, 0.6) is 0 Å². The molecule has 1 aromatic carbocycles. The number of nitrogens with two attached hydrogens (primary N) is 1. The van der Waals surface area contributed by atoms with Crippen LogP contribution in [-0.2, 0) is 13.1 Å². The van der Waals surface area contributed by atoms with Gasteiger partial charge in [-0.25, -0.2) is 9.78 Å². The van der Waals surface area contributed by atoms with E-state index in [0.29, 0.717) is 17.8 Å². The minimum Gasteiger partial charge on any atom is -0.384 e. The van der Waals surface area contributed by atoms with Gasteiger partial charge in [0.2, 0.25) is 0 Å². The molecule has 152 valence electrons. The third-order valence-corrected chi connectivity index (χ3v) is 6.24. The number of nitrogen functional groups attached to an aromatic ring is 1. The molecule has 0 bridgehead atoms. The summed E-state index contributed by atoms with van der Waals surface area (Å²) in [6.45, 7) is 4.34. The number of hydrogen-bond donors (Lipinski definition) is 1. The highest BCUT2D eigenvalue weighted by atomic mass is 32.1. The van der Waals surface area contributed by atoms with Gasteiger partial charge in [0.15, 0.2) is 5.13 Å². The zero-order chi connectivity index (χ0) is 20.4. The van der Waals surface area contributed by atoms with E-state index in [4.69, 9.17) is 10.7 Å². The summed E-state index contributed by atoms with van der Waals surface area (Å²) in [4.78, 5) is 32.9. The first-order chi connectivity index (χ1) is 14.1. The summed E-state index contributed by atoms with van der Waals surface area (Å²) in [6, 6.07) is 9.62. The highest BCUT2D eigenvalue weighted by Crippen LogP contribution is 2.30. The highest BCUT2D eigenvalue weighted by Gasteiger charge is 2.22. The van der Waals surface area contributed by atoms with Gasteiger partial charge in [0.25, 0.3) is 5.56 Å². The topological polar surface area (TPSA) is 86.2 Å². The molecule has 0 atom stereocenters. The Labute approximate surface area is 173 Å². The fourth-order valence-corrected chi connectivity index (χ4v) is 4.63. The van der Waals surface area contributed by atoms with Gasteiger partial charge in [0, 0.05) is 25.0 Å². The third kappa shape index (κ3) is 3.72. The first-order valence-corrected chi connectivity index (χ1v) is 10.9. The van der Waals surface area contributed by atoms with E-state index in [1.807, 2.05) is 35.7 Å². The van der Waals surface area contributed by atoms with E-state index in [1.54, 1.807) is 6.92 Å². The lowest BCUT2D eigenvalue weighted by atomic mass is 10.1. The zero-order valence-corrected chi connectivity index (χ0v) is 17.3. The fraction of sp³-hybridized carbons (Fsp3) is 0.381. The van der Waals surface area contributed by atoms with Crippen molar-refractivity contribution in [3.63, 3.8) is 0 Å². The number of anilines is 2. The Hall–Kier alpha value is -2.87. The van der Waals surface area contributed by atoms with Crippen LogP contribution in [0.1, 0.15) is 31.7 Å². The van der Waals surface area contributed by atoms with Gasteiger partial charge in [0.05, 0.1) is 12.2 Å². The van der Waals surface area contributed by atoms with Gasteiger partial charge in [0.1, 0.15) is 11.4 Å². The molecular formula is C21H25N5O2S. The Morgan fingerprint density at radius 1 is 1.07 bits per heavy atom. The fourth-order valence-electron chi connectivity index (χ4n) is 3.76. The molecule has 1 aliphatic heterocycles. The average Bonchev–Trinajstić information content (AvgIpc) is 3.23. The largest absolute Gasteiger partial charge is 0.384 e. The summed E-state index contributed by atoms with van der Waals surface area (Å²) in [7, 11) is 0. The van der Waals surface area contributed by atoms with Crippen LogP contribution in [0.15, 0.2) is 45.3 Å². The molecular weight excluding hydrogens is 386 g/mol. The van der Waals surface area contributed by atoms with E-state index in [0.717, 1.165) is 36.6 Å². The molecule has 2 N–H and O–H groups in total. The van der Waals surface area contributed by atoms with Gasteiger partial charge in [-0.15, -0.1) is 11.3 Å². The van der Waals surface area contributed by atoms with Crippen LogP contribution in [0.25, 0.3) is 11.3 Å². The molecule has 2 aromatic heterocycles. The summed E-state index contributed by atoms with van der Waals surface area (Å²) in [5.41, 5.74) is 7.40. The van der Waals surface area contributed by atoms with Gasteiger partial charge < -0.3 is 10.6 Å². The Balaban J connectivity index is 1.81. The highest BCUT2D eigenvalue weighted by molar-refractivity contribution is 7.14. The quantitative estimate of drug-likeness (QED) is 0.698. The number of piperidine rings is 1. The van der Waals surface area contributed by atoms with Crippen molar-refractivity contribution < 1.29 is 0 Å². The first-order valence-electron chi connectivity index (χ1n) is 9.98. The normalized spacial score (nSPS) is 14.3. The van der Waals surface area contributed by atoms with Crippen molar-refractivity contribution in [2.24, 2.45) is 0 Å². The van der Waals surface area contributed by atoms with Crippen LogP contribution in [0, 0.1) is 0 Å². The van der Waals surface area contributed by atoms with Crippen molar-refractivity contribution in [2.45, 2.75) is 39.3 Å². The molecule has 0 spiro atoms. The molecule has 0 radical (unpaired) electrons. The number of benzene rings is 1. The van der Waals surface area contributed by atoms with Crippen molar-refractivity contribution in [3.05, 3.63) is 62.1 Å². The molecule has 0 aliphatic carbocycles.